The van der Waals surface area contributed by atoms with Crippen LogP contribution in [-0.4, -0.2) is 24.0 Å². The lowest BCUT2D eigenvalue weighted by Gasteiger charge is -2.15. The number of ether oxygens (including phenoxy) is 2. The lowest BCUT2D eigenvalue weighted by atomic mass is 10.0. The van der Waals surface area contributed by atoms with E-state index in [2.05, 4.69) is 10.3 Å². The number of carbonyl (C=O) groups is 1. The van der Waals surface area contributed by atoms with Crippen LogP contribution in [0.5, 0.6) is 17.4 Å². The summed E-state index contributed by atoms with van der Waals surface area (Å²) in [5, 5.41) is 2.87. The van der Waals surface area contributed by atoms with Gasteiger partial charge in [0.15, 0.2) is 0 Å². The van der Waals surface area contributed by atoms with Crippen molar-refractivity contribution in [2.24, 2.45) is 11.7 Å². The highest BCUT2D eigenvalue weighted by atomic mass is 35.5. The van der Waals surface area contributed by atoms with Gasteiger partial charge in [-0.25, -0.2) is 4.98 Å². The van der Waals surface area contributed by atoms with Gasteiger partial charge in [-0.2, -0.15) is 0 Å². The summed E-state index contributed by atoms with van der Waals surface area (Å²) in [4.78, 5) is 16.1. The molecule has 2 rings (SSSR count). The fourth-order valence-corrected chi connectivity index (χ4v) is 1.97. The van der Waals surface area contributed by atoms with Gasteiger partial charge in [0.25, 0.3) is 0 Å². The van der Waals surface area contributed by atoms with Crippen LogP contribution in [0.2, 0.25) is 0 Å². The minimum atomic E-state index is -0.234. The molecule has 0 aliphatic carbocycles. The SMILES string of the molecule is COc1ccc(Oc2cc(CNC(=O)C(C)C(C)N)ccn2)cc1.Cl.Cl. The van der Waals surface area contributed by atoms with Gasteiger partial charge in [-0.3, -0.25) is 4.79 Å². The Labute approximate surface area is 166 Å². The molecule has 2 atom stereocenters. The zero-order chi connectivity index (χ0) is 17.5. The van der Waals surface area contributed by atoms with Crippen molar-refractivity contribution in [3.05, 3.63) is 48.2 Å². The molecule has 1 aromatic carbocycles. The van der Waals surface area contributed by atoms with Crippen LogP contribution < -0.4 is 20.5 Å². The molecule has 0 aliphatic heterocycles. The quantitative estimate of drug-likeness (QED) is 0.742. The third-order valence-corrected chi connectivity index (χ3v) is 3.75. The average molecular weight is 402 g/mol. The molecular weight excluding hydrogens is 377 g/mol. The number of nitrogens with two attached hydrogens (primary N) is 1. The summed E-state index contributed by atoms with van der Waals surface area (Å²) in [7, 11) is 1.61. The van der Waals surface area contributed by atoms with Crippen molar-refractivity contribution in [2.75, 3.05) is 7.11 Å². The Morgan fingerprint density at radius 2 is 1.77 bits per heavy atom. The molecule has 1 heterocycles. The molecule has 144 valence electrons. The average Bonchev–Trinajstić information content (AvgIpc) is 2.60. The molecule has 6 nitrogen and oxygen atoms in total. The maximum absolute atomic E-state index is 11.9. The number of benzene rings is 1. The standard InChI is InChI=1S/C18H23N3O3.2ClH/c1-12(13(2)19)18(22)21-11-14-8-9-20-17(10-14)24-16-6-4-15(23-3)5-7-16;;/h4-10,12-13H,11,19H2,1-3H3,(H,21,22);2*1H. The monoisotopic (exact) mass is 401 g/mol. The zero-order valence-electron chi connectivity index (χ0n) is 15.0. The largest absolute Gasteiger partial charge is 0.497 e. The Kier molecular flexibility index (Phi) is 10.7. The highest BCUT2D eigenvalue weighted by Gasteiger charge is 2.16. The fourth-order valence-electron chi connectivity index (χ4n) is 1.97. The third-order valence-electron chi connectivity index (χ3n) is 3.75. The number of pyridine rings is 1. The van der Waals surface area contributed by atoms with Crippen molar-refractivity contribution < 1.29 is 14.3 Å². The van der Waals surface area contributed by atoms with E-state index in [4.69, 9.17) is 15.2 Å². The minimum absolute atomic E-state index is 0. The molecule has 0 radical (unpaired) electrons. The van der Waals surface area contributed by atoms with Crippen LogP contribution in [0.3, 0.4) is 0 Å². The van der Waals surface area contributed by atoms with E-state index in [1.807, 2.05) is 32.0 Å². The molecule has 0 saturated heterocycles. The topological polar surface area (TPSA) is 86.5 Å². The van der Waals surface area contributed by atoms with Gasteiger partial charge in [-0.05, 0) is 42.8 Å². The first-order chi connectivity index (χ1) is 11.5. The van der Waals surface area contributed by atoms with Gasteiger partial charge >= 0.3 is 0 Å². The molecule has 0 bridgehead atoms. The number of nitrogens with one attached hydrogen (secondary N) is 1. The van der Waals surface area contributed by atoms with E-state index in [0.29, 0.717) is 18.2 Å². The molecule has 2 aromatic rings. The fraction of sp³-hybridized carbons (Fsp3) is 0.333. The smallest absolute Gasteiger partial charge is 0.224 e. The first-order valence-corrected chi connectivity index (χ1v) is 7.79. The summed E-state index contributed by atoms with van der Waals surface area (Å²) >= 11 is 0. The lowest BCUT2D eigenvalue weighted by Crippen LogP contribution is -2.38. The summed E-state index contributed by atoms with van der Waals surface area (Å²) in [5.41, 5.74) is 6.64. The van der Waals surface area contributed by atoms with Crippen LogP contribution in [0.4, 0.5) is 0 Å². The normalized spacial score (nSPS) is 12.0. The number of hydrogen-bond donors (Lipinski definition) is 2. The van der Waals surface area contributed by atoms with Gasteiger partial charge in [0.2, 0.25) is 11.8 Å². The number of rotatable bonds is 7. The number of hydrogen-bond acceptors (Lipinski definition) is 5. The summed E-state index contributed by atoms with van der Waals surface area (Å²) < 4.78 is 10.8. The van der Waals surface area contributed by atoms with Crippen molar-refractivity contribution in [1.29, 1.82) is 0 Å². The Morgan fingerprint density at radius 3 is 2.35 bits per heavy atom. The van der Waals surface area contributed by atoms with Crippen LogP contribution in [0.1, 0.15) is 19.4 Å². The molecule has 8 heteroatoms. The zero-order valence-corrected chi connectivity index (χ0v) is 16.6. The van der Waals surface area contributed by atoms with Crippen LogP contribution in [0.15, 0.2) is 42.6 Å². The van der Waals surface area contributed by atoms with Gasteiger partial charge in [-0.15, -0.1) is 24.8 Å². The second-order valence-corrected chi connectivity index (χ2v) is 5.65. The van der Waals surface area contributed by atoms with Gasteiger partial charge in [0, 0.05) is 30.8 Å². The predicted molar refractivity (Wildman–Crippen MR) is 106 cm³/mol. The molecule has 1 aromatic heterocycles. The van der Waals surface area contributed by atoms with Gasteiger partial charge in [0.1, 0.15) is 11.5 Å². The molecular formula is C18H25Cl2N3O3. The Morgan fingerprint density at radius 1 is 1.15 bits per heavy atom. The van der Waals surface area contributed by atoms with E-state index in [1.165, 1.54) is 0 Å². The van der Waals surface area contributed by atoms with Crippen LogP contribution in [-0.2, 0) is 11.3 Å². The van der Waals surface area contributed by atoms with Crippen molar-refractivity contribution in [2.45, 2.75) is 26.4 Å². The van der Waals surface area contributed by atoms with E-state index in [0.717, 1.165) is 11.3 Å². The van der Waals surface area contributed by atoms with Crippen LogP contribution in [0, 0.1) is 5.92 Å². The summed E-state index contributed by atoms with van der Waals surface area (Å²) in [6.45, 7) is 4.03. The number of nitrogens with zero attached hydrogens (tertiary/aromatic N) is 1. The van der Waals surface area contributed by atoms with Crippen molar-refractivity contribution in [3.8, 4) is 17.4 Å². The Bertz CT molecular complexity index is 682. The molecule has 0 spiro atoms. The molecule has 2 unspecified atom stereocenters. The number of amides is 1. The summed E-state index contributed by atoms with van der Waals surface area (Å²) in [6, 6.07) is 10.7. The molecule has 3 N–H and O–H groups in total. The highest BCUT2D eigenvalue weighted by molar-refractivity contribution is 5.85. The molecule has 0 aliphatic rings. The number of halogens is 2. The van der Waals surface area contributed by atoms with E-state index in [9.17, 15) is 4.79 Å². The van der Waals surface area contributed by atoms with Crippen molar-refractivity contribution in [1.82, 2.24) is 10.3 Å². The Hall–Kier alpha value is -2.02. The van der Waals surface area contributed by atoms with Crippen molar-refractivity contribution >= 4 is 30.7 Å². The number of methoxy groups -OCH3 is 1. The maximum Gasteiger partial charge on any atom is 0.224 e. The third kappa shape index (κ3) is 7.07. The van der Waals surface area contributed by atoms with E-state index in [1.54, 1.807) is 31.5 Å². The predicted octanol–water partition coefficient (Wildman–Crippen LogP) is 3.33. The second kappa shape index (κ2) is 11.6. The molecule has 0 saturated carbocycles. The Balaban J connectivity index is 0.00000312. The van der Waals surface area contributed by atoms with Gasteiger partial charge in [-0.1, -0.05) is 6.92 Å². The molecule has 26 heavy (non-hydrogen) atoms. The van der Waals surface area contributed by atoms with Gasteiger partial charge < -0.3 is 20.5 Å². The van der Waals surface area contributed by atoms with Crippen molar-refractivity contribution in [3.63, 3.8) is 0 Å². The van der Waals surface area contributed by atoms with Crippen LogP contribution >= 0.6 is 24.8 Å². The highest BCUT2D eigenvalue weighted by Crippen LogP contribution is 2.22. The molecule has 1 amide bonds. The summed E-state index contributed by atoms with van der Waals surface area (Å²) in [5.74, 6) is 1.58. The maximum atomic E-state index is 11.9. The first-order valence-electron chi connectivity index (χ1n) is 7.79. The first kappa shape index (κ1) is 24.0. The molecule has 0 fully saturated rings. The second-order valence-electron chi connectivity index (χ2n) is 5.65. The van der Waals surface area contributed by atoms with Gasteiger partial charge in [0.05, 0.1) is 7.11 Å². The van der Waals surface area contributed by atoms with E-state index < -0.39 is 0 Å². The number of carbonyl (C=O) groups excluding carboxylic acids is 1. The van der Waals surface area contributed by atoms with E-state index >= 15 is 0 Å². The van der Waals surface area contributed by atoms with Crippen LogP contribution in [0.25, 0.3) is 0 Å². The summed E-state index contributed by atoms with van der Waals surface area (Å²) in [6.07, 6.45) is 1.65. The van der Waals surface area contributed by atoms with E-state index in [-0.39, 0.29) is 42.7 Å². The lowest BCUT2D eigenvalue weighted by molar-refractivity contribution is -0.125. The minimum Gasteiger partial charge on any atom is -0.497 e. The number of aromatic nitrogens is 1.